The minimum Gasteiger partial charge on any atom is -0.480 e. The molecule has 0 radical (unpaired) electrons. The third-order valence-corrected chi connectivity index (χ3v) is 5.54. The average Bonchev–Trinajstić information content (AvgIpc) is 3.33. The Kier molecular flexibility index (Phi) is 5.17. The standard InChI is InChI=1S/C20H24N6O4/c1-24-6-5-12(9-24)14-8-22-26-17(21)7-15(23-19(14)26)13-3-4-16(20(28)29)25(10-13)18(27)11-30-2/h5-9,13,16H,3-4,10-11,21H2,1-2H3,(H,28,29). The highest BCUT2D eigenvalue weighted by Crippen LogP contribution is 2.32. The third-order valence-electron chi connectivity index (χ3n) is 5.54. The van der Waals surface area contributed by atoms with E-state index < -0.39 is 12.0 Å². The summed E-state index contributed by atoms with van der Waals surface area (Å²) in [5.74, 6) is -1.06. The highest BCUT2D eigenvalue weighted by Gasteiger charge is 2.37. The normalized spacial score (nSPS) is 19.3. The number of piperidine rings is 1. The predicted octanol–water partition coefficient (Wildman–Crippen LogP) is 1.12. The number of hydrogen-bond donors (Lipinski definition) is 2. The number of hydrogen-bond acceptors (Lipinski definition) is 6. The van der Waals surface area contributed by atoms with Crippen molar-refractivity contribution < 1.29 is 19.4 Å². The number of aliphatic carboxylic acids is 1. The maximum absolute atomic E-state index is 12.4. The monoisotopic (exact) mass is 412 g/mol. The molecule has 2 atom stereocenters. The number of aryl methyl sites for hydroxylation is 1. The van der Waals surface area contributed by atoms with Crippen LogP contribution >= 0.6 is 0 Å². The van der Waals surface area contributed by atoms with E-state index in [1.165, 1.54) is 12.0 Å². The van der Waals surface area contributed by atoms with E-state index in [2.05, 4.69) is 5.10 Å². The number of nitrogens with two attached hydrogens (primary N) is 1. The fourth-order valence-corrected chi connectivity index (χ4v) is 4.03. The van der Waals surface area contributed by atoms with E-state index >= 15 is 0 Å². The van der Waals surface area contributed by atoms with Crippen molar-refractivity contribution in [3.63, 3.8) is 0 Å². The molecule has 2 unspecified atom stereocenters. The Bertz CT molecular complexity index is 1100. The highest BCUT2D eigenvalue weighted by molar-refractivity contribution is 5.84. The molecule has 0 spiro atoms. The first kappa shape index (κ1) is 19.9. The number of anilines is 1. The van der Waals surface area contributed by atoms with Crippen LogP contribution in [0.2, 0.25) is 0 Å². The minimum atomic E-state index is -1.01. The summed E-state index contributed by atoms with van der Waals surface area (Å²) in [6, 6.07) is 2.87. The van der Waals surface area contributed by atoms with E-state index in [1.54, 1.807) is 16.8 Å². The Morgan fingerprint density at radius 3 is 2.83 bits per heavy atom. The van der Waals surface area contributed by atoms with Gasteiger partial charge in [0, 0.05) is 56.2 Å². The maximum atomic E-state index is 12.4. The number of methoxy groups -OCH3 is 1. The zero-order valence-electron chi connectivity index (χ0n) is 16.9. The van der Waals surface area contributed by atoms with Gasteiger partial charge in [-0.3, -0.25) is 4.79 Å². The number of nitrogens with zero attached hydrogens (tertiary/aromatic N) is 5. The number of carboxylic acid groups (broad SMARTS) is 1. The maximum Gasteiger partial charge on any atom is 0.326 e. The number of carbonyl (C=O) groups excluding carboxylic acids is 1. The van der Waals surface area contributed by atoms with E-state index in [4.69, 9.17) is 15.5 Å². The molecule has 3 aromatic rings. The smallest absolute Gasteiger partial charge is 0.326 e. The summed E-state index contributed by atoms with van der Waals surface area (Å²) in [4.78, 5) is 30.3. The molecule has 30 heavy (non-hydrogen) atoms. The summed E-state index contributed by atoms with van der Waals surface area (Å²) >= 11 is 0. The summed E-state index contributed by atoms with van der Waals surface area (Å²) in [5.41, 5.74) is 9.42. The van der Waals surface area contributed by atoms with Crippen molar-refractivity contribution in [3.8, 4) is 11.1 Å². The Labute approximate surface area is 172 Å². The van der Waals surface area contributed by atoms with E-state index in [-0.39, 0.29) is 25.0 Å². The van der Waals surface area contributed by atoms with E-state index in [9.17, 15) is 14.7 Å². The van der Waals surface area contributed by atoms with Gasteiger partial charge in [0.05, 0.1) is 11.9 Å². The van der Waals surface area contributed by atoms with Gasteiger partial charge in [0.25, 0.3) is 0 Å². The van der Waals surface area contributed by atoms with Gasteiger partial charge in [-0.25, -0.2) is 9.78 Å². The number of ether oxygens (including phenoxy) is 1. The molecule has 1 saturated heterocycles. The molecule has 10 heteroatoms. The first-order chi connectivity index (χ1) is 14.4. The van der Waals surface area contributed by atoms with Gasteiger partial charge in [0.15, 0.2) is 5.65 Å². The highest BCUT2D eigenvalue weighted by atomic mass is 16.5. The fourth-order valence-electron chi connectivity index (χ4n) is 4.03. The van der Waals surface area contributed by atoms with Gasteiger partial charge < -0.3 is 25.0 Å². The van der Waals surface area contributed by atoms with Crippen LogP contribution in [-0.4, -0.2) is 67.4 Å². The molecule has 0 saturated carbocycles. The SMILES string of the molecule is COCC(=O)N1CC(c2cc(N)n3ncc(-c4ccn(C)c4)c3n2)CCC1C(=O)O. The van der Waals surface area contributed by atoms with Gasteiger partial charge in [-0.2, -0.15) is 9.61 Å². The summed E-state index contributed by atoms with van der Waals surface area (Å²) in [5, 5.41) is 13.9. The minimum absolute atomic E-state index is 0.132. The lowest BCUT2D eigenvalue weighted by Gasteiger charge is -2.37. The predicted molar refractivity (Wildman–Crippen MR) is 109 cm³/mol. The van der Waals surface area contributed by atoms with Crippen molar-refractivity contribution in [1.82, 2.24) is 24.1 Å². The number of amides is 1. The first-order valence-corrected chi connectivity index (χ1v) is 9.66. The average molecular weight is 412 g/mol. The van der Waals surface area contributed by atoms with Crippen molar-refractivity contribution in [2.75, 3.05) is 26.0 Å². The molecule has 1 aliphatic rings. The van der Waals surface area contributed by atoms with Crippen molar-refractivity contribution in [1.29, 1.82) is 0 Å². The number of fused-ring (bicyclic) bond motifs is 1. The lowest BCUT2D eigenvalue weighted by molar-refractivity contribution is -0.154. The molecule has 1 aliphatic heterocycles. The second-order valence-corrected chi connectivity index (χ2v) is 7.57. The van der Waals surface area contributed by atoms with Crippen LogP contribution in [0.3, 0.4) is 0 Å². The molecular formula is C20H24N6O4. The van der Waals surface area contributed by atoms with Crippen LogP contribution in [0.5, 0.6) is 0 Å². The number of aromatic nitrogens is 4. The van der Waals surface area contributed by atoms with Gasteiger partial charge in [-0.05, 0) is 18.9 Å². The summed E-state index contributed by atoms with van der Waals surface area (Å²) in [6.07, 6.45) is 6.58. The number of carbonyl (C=O) groups is 2. The van der Waals surface area contributed by atoms with Crippen LogP contribution < -0.4 is 5.73 Å². The molecule has 158 valence electrons. The summed E-state index contributed by atoms with van der Waals surface area (Å²) in [7, 11) is 3.35. The Hall–Kier alpha value is -3.40. The molecule has 1 fully saturated rings. The zero-order chi connectivity index (χ0) is 21.4. The van der Waals surface area contributed by atoms with E-state index in [0.29, 0.717) is 24.3 Å². The summed E-state index contributed by atoms with van der Waals surface area (Å²) < 4.78 is 8.45. The molecule has 4 rings (SSSR count). The molecule has 4 heterocycles. The molecule has 0 bridgehead atoms. The molecular weight excluding hydrogens is 388 g/mol. The Balaban J connectivity index is 1.70. The van der Waals surface area contributed by atoms with Crippen LogP contribution in [-0.2, 0) is 21.4 Å². The lowest BCUT2D eigenvalue weighted by Crippen LogP contribution is -2.51. The Morgan fingerprint density at radius 2 is 2.17 bits per heavy atom. The topological polar surface area (TPSA) is 128 Å². The third kappa shape index (κ3) is 3.50. The lowest BCUT2D eigenvalue weighted by atomic mass is 9.90. The largest absolute Gasteiger partial charge is 0.480 e. The molecule has 3 aromatic heterocycles. The van der Waals surface area contributed by atoms with Gasteiger partial charge in [0.1, 0.15) is 18.5 Å². The second-order valence-electron chi connectivity index (χ2n) is 7.57. The number of carboxylic acids is 1. The number of likely N-dealkylation sites (tertiary alicyclic amines) is 1. The molecule has 0 aliphatic carbocycles. The van der Waals surface area contributed by atoms with Crippen molar-refractivity contribution in [2.24, 2.45) is 7.05 Å². The van der Waals surface area contributed by atoms with Gasteiger partial charge in [0.2, 0.25) is 5.91 Å². The molecule has 10 nitrogen and oxygen atoms in total. The summed E-state index contributed by atoms with van der Waals surface area (Å²) in [6.45, 7) is 0.0858. The molecule has 1 amide bonds. The van der Waals surface area contributed by atoms with Gasteiger partial charge in [-0.1, -0.05) is 0 Å². The quantitative estimate of drug-likeness (QED) is 0.643. The second kappa shape index (κ2) is 7.79. The van der Waals surface area contributed by atoms with Crippen LogP contribution in [0, 0.1) is 0 Å². The van der Waals surface area contributed by atoms with Crippen molar-refractivity contribution in [3.05, 3.63) is 36.4 Å². The van der Waals surface area contributed by atoms with Crippen LogP contribution in [0.4, 0.5) is 5.82 Å². The van der Waals surface area contributed by atoms with Crippen molar-refractivity contribution in [2.45, 2.75) is 24.8 Å². The van der Waals surface area contributed by atoms with Crippen LogP contribution in [0.25, 0.3) is 16.8 Å². The van der Waals surface area contributed by atoms with Crippen LogP contribution in [0.15, 0.2) is 30.7 Å². The van der Waals surface area contributed by atoms with E-state index in [1.807, 2.05) is 30.1 Å². The van der Waals surface area contributed by atoms with Crippen molar-refractivity contribution >= 4 is 23.3 Å². The molecule has 3 N–H and O–H groups in total. The molecule has 0 aromatic carbocycles. The van der Waals surface area contributed by atoms with E-state index in [0.717, 1.165) is 16.8 Å². The fraction of sp³-hybridized carbons (Fsp3) is 0.400. The van der Waals surface area contributed by atoms with Crippen LogP contribution in [0.1, 0.15) is 24.5 Å². The van der Waals surface area contributed by atoms with Gasteiger partial charge >= 0.3 is 5.97 Å². The zero-order valence-corrected chi connectivity index (χ0v) is 16.9. The number of rotatable bonds is 5. The number of nitrogen functional groups attached to an aromatic ring is 1. The first-order valence-electron chi connectivity index (χ1n) is 9.66. The van der Waals surface area contributed by atoms with Gasteiger partial charge in [-0.15, -0.1) is 0 Å². The Morgan fingerprint density at radius 1 is 1.37 bits per heavy atom.